The molecule has 1 aliphatic rings. The van der Waals surface area contributed by atoms with Crippen molar-refractivity contribution in [3.63, 3.8) is 0 Å². The fourth-order valence-electron chi connectivity index (χ4n) is 2.28. The fourth-order valence-corrected chi connectivity index (χ4v) is 2.59. The average Bonchev–Trinajstić information content (AvgIpc) is 2.62. The molecule has 0 heterocycles. The lowest BCUT2D eigenvalue weighted by Crippen LogP contribution is -2.21. The molecule has 1 fully saturated rings. The number of benzene rings is 1. The standard InChI is InChI=1S/C12H13Cl2F2N/c13-9-2-1-7(5-10(9)14)11(17)8-3-4-12(15,16)6-8/h1-2,5,8,11H,3-4,6,17H2. The van der Waals surface area contributed by atoms with E-state index in [1.165, 1.54) is 0 Å². The maximum absolute atomic E-state index is 13.1. The molecular weight excluding hydrogens is 267 g/mol. The van der Waals surface area contributed by atoms with Crippen molar-refractivity contribution >= 4 is 23.2 Å². The minimum absolute atomic E-state index is 0.0767. The van der Waals surface area contributed by atoms with E-state index in [1.807, 2.05) is 0 Å². The van der Waals surface area contributed by atoms with Crippen LogP contribution in [0.1, 0.15) is 30.9 Å². The van der Waals surface area contributed by atoms with Crippen molar-refractivity contribution in [3.8, 4) is 0 Å². The molecule has 0 aromatic heterocycles. The van der Waals surface area contributed by atoms with Crippen LogP contribution in [0.15, 0.2) is 18.2 Å². The minimum atomic E-state index is -2.57. The molecule has 1 aromatic carbocycles. The fraction of sp³-hybridized carbons (Fsp3) is 0.500. The zero-order chi connectivity index (χ0) is 12.6. The number of alkyl halides is 2. The summed E-state index contributed by atoms with van der Waals surface area (Å²) >= 11 is 11.7. The smallest absolute Gasteiger partial charge is 0.248 e. The van der Waals surface area contributed by atoms with Gasteiger partial charge < -0.3 is 5.73 Å². The van der Waals surface area contributed by atoms with E-state index < -0.39 is 12.0 Å². The van der Waals surface area contributed by atoms with E-state index in [-0.39, 0.29) is 18.8 Å². The quantitative estimate of drug-likeness (QED) is 0.852. The Balaban J connectivity index is 2.15. The maximum Gasteiger partial charge on any atom is 0.248 e. The van der Waals surface area contributed by atoms with Gasteiger partial charge in [-0.3, -0.25) is 0 Å². The highest BCUT2D eigenvalue weighted by Crippen LogP contribution is 2.44. The number of rotatable bonds is 2. The van der Waals surface area contributed by atoms with E-state index in [1.54, 1.807) is 18.2 Å². The molecule has 2 unspecified atom stereocenters. The molecule has 1 aliphatic carbocycles. The van der Waals surface area contributed by atoms with Gasteiger partial charge >= 0.3 is 0 Å². The average molecular weight is 280 g/mol. The second-order valence-corrected chi connectivity index (χ2v) is 5.37. The Morgan fingerprint density at radius 2 is 2.00 bits per heavy atom. The van der Waals surface area contributed by atoms with Gasteiger partial charge in [0.2, 0.25) is 5.92 Å². The molecule has 0 spiro atoms. The molecule has 5 heteroatoms. The van der Waals surface area contributed by atoms with Crippen molar-refractivity contribution in [3.05, 3.63) is 33.8 Å². The Hall–Kier alpha value is -0.380. The lowest BCUT2D eigenvalue weighted by Gasteiger charge is -2.20. The second kappa shape index (κ2) is 4.71. The van der Waals surface area contributed by atoms with E-state index in [0.717, 1.165) is 5.56 Å². The summed E-state index contributed by atoms with van der Waals surface area (Å²) in [6.07, 6.45) is 0.232. The zero-order valence-corrected chi connectivity index (χ0v) is 10.6. The monoisotopic (exact) mass is 279 g/mol. The number of hydrogen-bond donors (Lipinski definition) is 1. The zero-order valence-electron chi connectivity index (χ0n) is 9.10. The first-order valence-electron chi connectivity index (χ1n) is 5.47. The van der Waals surface area contributed by atoms with E-state index in [9.17, 15) is 8.78 Å². The van der Waals surface area contributed by atoms with Gasteiger partial charge in [-0.05, 0) is 30.0 Å². The molecular formula is C12H13Cl2F2N. The summed E-state index contributed by atoms with van der Waals surface area (Å²) < 4.78 is 26.2. The third kappa shape index (κ3) is 2.90. The van der Waals surface area contributed by atoms with Gasteiger partial charge in [-0.15, -0.1) is 0 Å². The molecule has 1 nitrogen and oxygen atoms in total. The summed E-state index contributed by atoms with van der Waals surface area (Å²) in [5, 5.41) is 0.851. The summed E-state index contributed by atoms with van der Waals surface area (Å²) in [5.41, 5.74) is 6.77. The van der Waals surface area contributed by atoms with Gasteiger partial charge in [-0.2, -0.15) is 0 Å². The summed E-state index contributed by atoms with van der Waals surface area (Å²) in [7, 11) is 0. The van der Waals surface area contributed by atoms with Crippen LogP contribution < -0.4 is 5.73 Å². The molecule has 94 valence electrons. The van der Waals surface area contributed by atoms with Gasteiger partial charge in [0.25, 0.3) is 0 Å². The van der Waals surface area contributed by atoms with Crippen LogP contribution in [0.2, 0.25) is 10.0 Å². The van der Waals surface area contributed by atoms with Crippen LogP contribution >= 0.6 is 23.2 Å². The summed E-state index contributed by atoms with van der Waals surface area (Å²) in [6, 6.07) is 4.64. The van der Waals surface area contributed by atoms with Gasteiger partial charge in [0, 0.05) is 18.9 Å². The SMILES string of the molecule is NC(c1ccc(Cl)c(Cl)c1)C1CCC(F)(F)C1. The van der Waals surface area contributed by atoms with Gasteiger partial charge in [0.15, 0.2) is 0 Å². The van der Waals surface area contributed by atoms with E-state index in [2.05, 4.69) is 0 Å². The molecule has 1 saturated carbocycles. The van der Waals surface area contributed by atoms with Crippen LogP contribution in [0.25, 0.3) is 0 Å². The Morgan fingerprint density at radius 1 is 1.29 bits per heavy atom. The largest absolute Gasteiger partial charge is 0.324 e. The van der Waals surface area contributed by atoms with Crippen LogP contribution in [0.5, 0.6) is 0 Å². The highest BCUT2D eigenvalue weighted by Gasteiger charge is 2.41. The van der Waals surface area contributed by atoms with Crippen molar-refractivity contribution in [2.24, 2.45) is 11.7 Å². The Labute approximate surface area is 109 Å². The summed E-state index contributed by atoms with van der Waals surface area (Å²) in [4.78, 5) is 0. The second-order valence-electron chi connectivity index (χ2n) is 4.56. The van der Waals surface area contributed by atoms with Gasteiger partial charge in [-0.1, -0.05) is 29.3 Å². The van der Waals surface area contributed by atoms with Crippen LogP contribution in [0, 0.1) is 5.92 Å². The highest BCUT2D eigenvalue weighted by atomic mass is 35.5. The molecule has 0 saturated heterocycles. The predicted molar refractivity (Wildman–Crippen MR) is 65.7 cm³/mol. The number of nitrogens with two attached hydrogens (primary N) is 1. The lowest BCUT2D eigenvalue weighted by molar-refractivity contribution is 0.00391. The molecule has 0 radical (unpaired) electrons. The molecule has 1 aromatic rings. The third-order valence-corrected chi connectivity index (χ3v) is 4.02. The van der Waals surface area contributed by atoms with Gasteiger partial charge in [0.1, 0.15) is 0 Å². The first-order valence-corrected chi connectivity index (χ1v) is 6.23. The molecule has 2 N–H and O–H groups in total. The molecule has 2 rings (SSSR count). The molecule has 0 bridgehead atoms. The maximum atomic E-state index is 13.1. The third-order valence-electron chi connectivity index (χ3n) is 3.28. The van der Waals surface area contributed by atoms with Crippen molar-refractivity contribution in [1.82, 2.24) is 0 Å². The normalized spacial score (nSPS) is 24.9. The predicted octanol–water partition coefficient (Wildman–Crippen LogP) is 4.43. The van der Waals surface area contributed by atoms with E-state index >= 15 is 0 Å². The number of hydrogen-bond acceptors (Lipinski definition) is 1. The van der Waals surface area contributed by atoms with Crippen LogP contribution in [0.3, 0.4) is 0 Å². The molecule has 17 heavy (non-hydrogen) atoms. The first kappa shape index (κ1) is 13.1. The lowest BCUT2D eigenvalue weighted by atomic mass is 9.92. The Morgan fingerprint density at radius 3 is 2.53 bits per heavy atom. The van der Waals surface area contributed by atoms with Crippen molar-refractivity contribution in [1.29, 1.82) is 0 Å². The number of halogens is 4. The Kier molecular flexibility index (Phi) is 3.62. The summed E-state index contributed by atoms with van der Waals surface area (Å²) in [6.45, 7) is 0. The topological polar surface area (TPSA) is 26.0 Å². The highest BCUT2D eigenvalue weighted by molar-refractivity contribution is 6.42. The van der Waals surface area contributed by atoms with Crippen molar-refractivity contribution < 1.29 is 8.78 Å². The molecule has 2 atom stereocenters. The van der Waals surface area contributed by atoms with E-state index in [4.69, 9.17) is 28.9 Å². The van der Waals surface area contributed by atoms with Crippen LogP contribution in [-0.2, 0) is 0 Å². The first-order chi connectivity index (χ1) is 7.89. The molecule has 0 aliphatic heterocycles. The minimum Gasteiger partial charge on any atom is -0.324 e. The van der Waals surface area contributed by atoms with Crippen LogP contribution in [-0.4, -0.2) is 5.92 Å². The molecule has 0 amide bonds. The Bertz CT molecular complexity index is 423. The van der Waals surface area contributed by atoms with Crippen molar-refractivity contribution in [2.75, 3.05) is 0 Å². The summed E-state index contributed by atoms with van der Waals surface area (Å²) in [5.74, 6) is -2.76. The van der Waals surface area contributed by atoms with Crippen LogP contribution in [0.4, 0.5) is 8.78 Å². The van der Waals surface area contributed by atoms with E-state index in [0.29, 0.717) is 16.5 Å². The van der Waals surface area contributed by atoms with Gasteiger partial charge in [-0.25, -0.2) is 8.78 Å². The van der Waals surface area contributed by atoms with Gasteiger partial charge in [0.05, 0.1) is 10.0 Å². The van der Waals surface area contributed by atoms with Crippen molar-refractivity contribution in [2.45, 2.75) is 31.2 Å².